The second-order valence-corrected chi connectivity index (χ2v) is 6.67. The number of ether oxygens (including phenoxy) is 2. The second-order valence-electron chi connectivity index (χ2n) is 6.67. The first-order chi connectivity index (χ1) is 15.0. The predicted molar refractivity (Wildman–Crippen MR) is 117 cm³/mol. The van der Waals surface area contributed by atoms with Gasteiger partial charge in [-0.25, -0.2) is 4.79 Å². The van der Waals surface area contributed by atoms with Gasteiger partial charge in [0.25, 0.3) is 11.8 Å². The maximum absolute atomic E-state index is 12.6. The number of amides is 2. The van der Waals surface area contributed by atoms with E-state index in [1.54, 1.807) is 66.7 Å². The highest BCUT2D eigenvalue weighted by Gasteiger charge is 2.16. The first-order valence-electron chi connectivity index (χ1n) is 9.55. The molecule has 0 unspecified atom stereocenters. The minimum atomic E-state index is -0.649. The van der Waals surface area contributed by atoms with Crippen LogP contribution in [0.2, 0.25) is 0 Å². The molecule has 0 aliphatic rings. The van der Waals surface area contributed by atoms with Crippen molar-refractivity contribution in [2.75, 3.05) is 24.4 Å². The van der Waals surface area contributed by atoms with Crippen LogP contribution in [-0.4, -0.2) is 31.5 Å². The highest BCUT2D eigenvalue weighted by atomic mass is 16.5. The Labute approximate surface area is 180 Å². The van der Waals surface area contributed by atoms with Crippen molar-refractivity contribution in [3.05, 3.63) is 89.5 Å². The van der Waals surface area contributed by atoms with Crippen LogP contribution in [0, 0.1) is 6.92 Å². The molecule has 0 saturated heterocycles. The number of esters is 1. The van der Waals surface area contributed by atoms with E-state index < -0.39 is 18.5 Å². The molecule has 0 spiro atoms. The fourth-order valence-corrected chi connectivity index (χ4v) is 2.86. The molecule has 0 bridgehead atoms. The van der Waals surface area contributed by atoms with Crippen LogP contribution in [-0.2, 0) is 9.53 Å². The van der Waals surface area contributed by atoms with E-state index in [9.17, 15) is 14.4 Å². The van der Waals surface area contributed by atoms with Crippen LogP contribution in [0.1, 0.15) is 26.3 Å². The normalized spacial score (nSPS) is 10.1. The van der Waals surface area contributed by atoms with Crippen molar-refractivity contribution in [2.45, 2.75) is 6.92 Å². The Hall–Kier alpha value is -4.13. The van der Waals surface area contributed by atoms with Gasteiger partial charge in [-0.2, -0.15) is 0 Å². The van der Waals surface area contributed by atoms with Gasteiger partial charge in [0.15, 0.2) is 6.61 Å². The molecule has 0 aliphatic carbocycles. The molecule has 7 heteroatoms. The zero-order valence-corrected chi connectivity index (χ0v) is 17.2. The molecule has 3 rings (SSSR count). The predicted octanol–water partition coefficient (Wildman–Crippen LogP) is 4.05. The maximum Gasteiger partial charge on any atom is 0.338 e. The number of para-hydroxylation sites is 2. The number of aryl methyl sites for hydroxylation is 1. The van der Waals surface area contributed by atoms with E-state index in [0.717, 1.165) is 5.56 Å². The van der Waals surface area contributed by atoms with Crippen molar-refractivity contribution in [1.82, 2.24) is 0 Å². The van der Waals surface area contributed by atoms with Crippen molar-refractivity contribution in [1.29, 1.82) is 0 Å². The molecule has 2 amide bonds. The molecule has 0 fully saturated rings. The summed E-state index contributed by atoms with van der Waals surface area (Å²) < 4.78 is 10.3. The van der Waals surface area contributed by atoms with Gasteiger partial charge in [-0.3, -0.25) is 9.59 Å². The van der Waals surface area contributed by atoms with Gasteiger partial charge in [0.2, 0.25) is 0 Å². The molecular formula is C24H22N2O5. The van der Waals surface area contributed by atoms with Crippen LogP contribution < -0.4 is 15.4 Å². The lowest BCUT2D eigenvalue weighted by Crippen LogP contribution is -2.23. The molecule has 31 heavy (non-hydrogen) atoms. The molecule has 0 aliphatic heterocycles. The molecular weight excluding hydrogens is 396 g/mol. The summed E-state index contributed by atoms with van der Waals surface area (Å²) >= 11 is 0. The van der Waals surface area contributed by atoms with Gasteiger partial charge in [-0.1, -0.05) is 36.4 Å². The van der Waals surface area contributed by atoms with Crippen molar-refractivity contribution in [3.8, 4) is 5.75 Å². The molecule has 3 aromatic rings. The first-order valence-corrected chi connectivity index (χ1v) is 9.55. The summed E-state index contributed by atoms with van der Waals surface area (Å²) in [7, 11) is 1.51. The van der Waals surface area contributed by atoms with Crippen molar-refractivity contribution >= 4 is 29.2 Å². The van der Waals surface area contributed by atoms with E-state index in [4.69, 9.17) is 9.47 Å². The van der Waals surface area contributed by atoms with Crippen LogP contribution >= 0.6 is 0 Å². The van der Waals surface area contributed by atoms with E-state index in [0.29, 0.717) is 17.1 Å². The van der Waals surface area contributed by atoms with Gasteiger partial charge >= 0.3 is 5.97 Å². The molecule has 158 valence electrons. The Morgan fingerprint density at radius 1 is 0.871 bits per heavy atom. The maximum atomic E-state index is 12.6. The number of nitrogens with one attached hydrogen (secondary N) is 2. The topological polar surface area (TPSA) is 93.7 Å². The Morgan fingerprint density at radius 3 is 2.32 bits per heavy atom. The number of hydrogen-bond acceptors (Lipinski definition) is 5. The minimum absolute atomic E-state index is 0.276. The van der Waals surface area contributed by atoms with Crippen molar-refractivity contribution in [2.24, 2.45) is 0 Å². The summed E-state index contributed by atoms with van der Waals surface area (Å²) in [6.07, 6.45) is 0. The van der Waals surface area contributed by atoms with Gasteiger partial charge in [-0.05, 0) is 48.9 Å². The van der Waals surface area contributed by atoms with Crippen LogP contribution in [0.5, 0.6) is 5.75 Å². The lowest BCUT2D eigenvalue weighted by molar-refractivity contribution is -0.119. The van der Waals surface area contributed by atoms with Gasteiger partial charge in [0, 0.05) is 5.69 Å². The minimum Gasteiger partial charge on any atom is -0.496 e. The number of carbonyl (C=O) groups is 3. The molecule has 0 radical (unpaired) electrons. The number of hydrogen-bond donors (Lipinski definition) is 2. The number of rotatable bonds is 7. The third kappa shape index (κ3) is 5.70. The molecule has 0 saturated carbocycles. The van der Waals surface area contributed by atoms with E-state index >= 15 is 0 Å². The summed E-state index contributed by atoms with van der Waals surface area (Å²) in [5, 5.41) is 5.39. The van der Waals surface area contributed by atoms with Crippen molar-refractivity contribution < 1.29 is 23.9 Å². The fourth-order valence-electron chi connectivity index (χ4n) is 2.86. The summed E-state index contributed by atoms with van der Waals surface area (Å²) in [5.41, 5.74) is 2.39. The molecule has 2 N–H and O–H groups in total. The Morgan fingerprint density at radius 2 is 1.58 bits per heavy atom. The third-order valence-electron chi connectivity index (χ3n) is 4.46. The monoisotopic (exact) mass is 418 g/mol. The molecule has 0 heterocycles. The Bertz CT molecular complexity index is 1100. The average molecular weight is 418 g/mol. The standard InChI is InChI=1S/C24H22N2O5/c1-16-12-13-17(14-21(16)30-2)24(29)31-15-22(27)26-20-11-7-6-10-19(20)23(28)25-18-8-4-3-5-9-18/h3-14H,15H2,1-2H3,(H,25,28)(H,26,27). The van der Waals surface area contributed by atoms with Gasteiger partial charge < -0.3 is 20.1 Å². The highest BCUT2D eigenvalue weighted by molar-refractivity contribution is 6.10. The van der Waals surface area contributed by atoms with Crippen LogP contribution in [0.3, 0.4) is 0 Å². The van der Waals surface area contributed by atoms with Crippen LogP contribution in [0.4, 0.5) is 11.4 Å². The van der Waals surface area contributed by atoms with Crippen LogP contribution in [0.15, 0.2) is 72.8 Å². The fraction of sp³-hybridized carbons (Fsp3) is 0.125. The Kier molecular flexibility index (Phi) is 7.01. The van der Waals surface area contributed by atoms with Gasteiger partial charge in [-0.15, -0.1) is 0 Å². The van der Waals surface area contributed by atoms with Gasteiger partial charge in [0.05, 0.1) is 23.9 Å². The lowest BCUT2D eigenvalue weighted by Gasteiger charge is -2.12. The van der Waals surface area contributed by atoms with Crippen molar-refractivity contribution in [3.63, 3.8) is 0 Å². The summed E-state index contributed by atoms with van der Waals surface area (Å²) in [4.78, 5) is 37.1. The number of benzene rings is 3. The van der Waals surface area contributed by atoms with Crippen LogP contribution in [0.25, 0.3) is 0 Å². The van der Waals surface area contributed by atoms with E-state index in [1.807, 2.05) is 13.0 Å². The summed E-state index contributed by atoms with van der Waals surface area (Å²) in [5.74, 6) is -1.03. The molecule has 3 aromatic carbocycles. The summed E-state index contributed by atoms with van der Waals surface area (Å²) in [6, 6.07) is 20.5. The second kappa shape index (κ2) is 10.1. The number of carbonyl (C=O) groups excluding carboxylic acids is 3. The lowest BCUT2D eigenvalue weighted by atomic mass is 10.1. The summed E-state index contributed by atoms with van der Waals surface area (Å²) in [6.45, 7) is 1.36. The average Bonchev–Trinajstić information content (AvgIpc) is 2.78. The van der Waals surface area contributed by atoms with E-state index in [2.05, 4.69) is 10.6 Å². The largest absolute Gasteiger partial charge is 0.496 e. The number of methoxy groups -OCH3 is 1. The smallest absolute Gasteiger partial charge is 0.338 e. The zero-order chi connectivity index (χ0) is 22.2. The zero-order valence-electron chi connectivity index (χ0n) is 17.2. The third-order valence-corrected chi connectivity index (χ3v) is 4.46. The molecule has 0 aromatic heterocycles. The first kappa shape index (κ1) is 21.6. The van der Waals surface area contributed by atoms with E-state index in [1.165, 1.54) is 7.11 Å². The number of anilines is 2. The Balaban J connectivity index is 1.62. The SMILES string of the molecule is COc1cc(C(=O)OCC(=O)Nc2ccccc2C(=O)Nc2ccccc2)ccc1C. The molecule has 7 nitrogen and oxygen atoms in total. The molecule has 0 atom stereocenters. The van der Waals surface area contributed by atoms with Gasteiger partial charge in [0.1, 0.15) is 5.75 Å². The van der Waals surface area contributed by atoms with E-state index in [-0.39, 0.29) is 17.0 Å². The highest BCUT2D eigenvalue weighted by Crippen LogP contribution is 2.20. The quantitative estimate of drug-likeness (QED) is 0.565.